The lowest BCUT2D eigenvalue weighted by atomic mass is 9.95. The lowest BCUT2D eigenvalue weighted by Crippen LogP contribution is -2.12. The molecule has 1 aliphatic rings. The maximum absolute atomic E-state index is 11.4. The average Bonchev–Trinajstić information content (AvgIpc) is 2.85. The van der Waals surface area contributed by atoms with Crippen molar-refractivity contribution < 1.29 is 4.79 Å². The number of aryl methyl sites for hydroxylation is 1. The Morgan fingerprint density at radius 3 is 2.90 bits per heavy atom. The van der Waals surface area contributed by atoms with Gasteiger partial charge >= 0.3 is 0 Å². The molecule has 1 N–H and O–H groups in total. The minimum atomic E-state index is -0.208. The largest absolute Gasteiger partial charge is 0.329 e. The quantitative estimate of drug-likeness (QED) is 0.866. The first-order valence-corrected chi connectivity index (χ1v) is 7.59. The molecule has 1 saturated carbocycles. The van der Waals surface area contributed by atoms with Crippen LogP contribution in [0.1, 0.15) is 43.7 Å². The first kappa shape index (κ1) is 13.9. The molecular weight excluding hydrogens is 262 g/mol. The van der Waals surface area contributed by atoms with Gasteiger partial charge in [0.2, 0.25) is 5.91 Å². The van der Waals surface area contributed by atoms with Gasteiger partial charge in [0, 0.05) is 17.6 Å². The molecule has 0 unspecified atom stereocenters. The number of aromatic nitrogens is 2. The summed E-state index contributed by atoms with van der Waals surface area (Å²) in [6.45, 7) is 5.57. The van der Waals surface area contributed by atoms with Gasteiger partial charge < -0.3 is 9.88 Å². The number of nitrogens with zero attached hydrogens (tertiary/aromatic N) is 2. The van der Waals surface area contributed by atoms with Gasteiger partial charge in [-0.2, -0.15) is 0 Å². The maximum atomic E-state index is 11.4. The highest BCUT2D eigenvalue weighted by atomic mass is 16.1. The van der Waals surface area contributed by atoms with Gasteiger partial charge in [0.25, 0.3) is 0 Å². The van der Waals surface area contributed by atoms with Crippen LogP contribution in [0.5, 0.6) is 0 Å². The highest BCUT2D eigenvalue weighted by Gasteiger charge is 2.18. The van der Waals surface area contributed by atoms with E-state index in [0.717, 1.165) is 16.7 Å². The predicted molar refractivity (Wildman–Crippen MR) is 85.4 cm³/mol. The Morgan fingerprint density at radius 1 is 1.43 bits per heavy atom. The van der Waals surface area contributed by atoms with Crippen molar-refractivity contribution in [2.75, 3.05) is 5.32 Å². The van der Waals surface area contributed by atoms with Gasteiger partial charge in [0.1, 0.15) is 5.65 Å². The molecule has 1 fully saturated rings. The topological polar surface area (TPSA) is 46.9 Å². The molecule has 0 spiro atoms. The summed E-state index contributed by atoms with van der Waals surface area (Å²) in [7, 11) is 0. The summed E-state index contributed by atoms with van der Waals surface area (Å²) in [4.78, 5) is 16.0. The Balaban J connectivity index is 1.97. The second-order valence-corrected chi connectivity index (χ2v) is 5.80. The molecule has 110 valence electrons. The van der Waals surface area contributed by atoms with Crippen LogP contribution in [-0.4, -0.2) is 15.5 Å². The predicted octanol–water partition coefficient (Wildman–Crippen LogP) is 3.97. The summed E-state index contributed by atoms with van der Waals surface area (Å²) in [6, 6.07) is 2.56. The van der Waals surface area contributed by atoms with Crippen molar-refractivity contribution >= 4 is 22.6 Å². The van der Waals surface area contributed by atoms with Crippen LogP contribution in [0.4, 0.5) is 5.69 Å². The summed E-state index contributed by atoms with van der Waals surface area (Å²) >= 11 is 0. The minimum Gasteiger partial charge on any atom is -0.329 e. The number of anilines is 1. The summed E-state index contributed by atoms with van der Waals surface area (Å²) in [5, 5.41) is 3.88. The van der Waals surface area contributed by atoms with E-state index in [0.29, 0.717) is 6.04 Å². The van der Waals surface area contributed by atoms with Crippen molar-refractivity contribution in [3.8, 4) is 0 Å². The second-order valence-electron chi connectivity index (χ2n) is 5.80. The van der Waals surface area contributed by atoms with Crippen LogP contribution in [-0.2, 0) is 4.79 Å². The van der Waals surface area contributed by atoms with Crippen molar-refractivity contribution in [3.05, 3.63) is 36.7 Å². The number of fused-ring (bicyclic) bond motifs is 1. The molecule has 2 heterocycles. The Morgan fingerprint density at radius 2 is 2.19 bits per heavy atom. The SMILES string of the molecule is C=CC(=O)Nc1cnc2c(c1)c(C)cn2C1CCCCC1. The first-order chi connectivity index (χ1) is 10.2. The number of hydrogen-bond donors (Lipinski definition) is 1. The third-order valence-corrected chi connectivity index (χ3v) is 4.29. The number of rotatable bonds is 3. The highest BCUT2D eigenvalue weighted by molar-refractivity contribution is 6.00. The fraction of sp³-hybridized carbons (Fsp3) is 0.412. The molecule has 0 aliphatic heterocycles. The summed E-state index contributed by atoms with van der Waals surface area (Å²) in [5.74, 6) is -0.208. The van der Waals surface area contributed by atoms with Crippen molar-refractivity contribution in [3.63, 3.8) is 0 Å². The molecular formula is C17H21N3O. The zero-order valence-corrected chi connectivity index (χ0v) is 12.4. The van der Waals surface area contributed by atoms with Crippen molar-refractivity contribution in [2.24, 2.45) is 0 Å². The van der Waals surface area contributed by atoms with Crippen molar-refractivity contribution in [2.45, 2.75) is 45.1 Å². The number of nitrogens with one attached hydrogen (secondary N) is 1. The van der Waals surface area contributed by atoms with Crippen LogP contribution in [0.3, 0.4) is 0 Å². The van der Waals surface area contributed by atoms with Gasteiger partial charge in [-0.15, -0.1) is 0 Å². The zero-order valence-electron chi connectivity index (χ0n) is 12.4. The summed E-state index contributed by atoms with van der Waals surface area (Å²) in [6.07, 6.45) is 11.6. The molecule has 2 aromatic heterocycles. The van der Waals surface area contributed by atoms with E-state index in [1.165, 1.54) is 43.7 Å². The molecule has 1 aliphatic carbocycles. The molecule has 3 rings (SSSR count). The monoisotopic (exact) mass is 283 g/mol. The lowest BCUT2D eigenvalue weighted by Gasteiger charge is -2.23. The minimum absolute atomic E-state index is 0.208. The number of amides is 1. The lowest BCUT2D eigenvalue weighted by molar-refractivity contribution is -0.111. The molecule has 2 aromatic rings. The average molecular weight is 283 g/mol. The van der Waals surface area contributed by atoms with Crippen LogP contribution in [0.25, 0.3) is 11.0 Å². The standard InChI is InChI=1S/C17H21N3O/c1-3-16(21)19-13-9-15-12(2)11-20(17(15)18-10-13)14-7-5-4-6-8-14/h3,9-11,14H,1,4-8H2,2H3,(H,19,21). The van der Waals surface area contributed by atoms with Crippen LogP contribution in [0.2, 0.25) is 0 Å². The van der Waals surface area contributed by atoms with E-state index >= 15 is 0 Å². The fourth-order valence-corrected chi connectivity index (χ4v) is 3.19. The van der Waals surface area contributed by atoms with E-state index in [9.17, 15) is 4.79 Å². The molecule has 4 heteroatoms. The van der Waals surface area contributed by atoms with E-state index < -0.39 is 0 Å². The van der Waals surface area contributed by atoms with E-state index in [4.69, 9.17) is 0 Å². The summed E-state index contributed by atoms with van der Waals surface area (Å²) < 4.78 is 2.32. The van der Waals surface area contributed by atoms with Crippen LogP contribution in [0, 0.1) is 6.92 Å². The number of pyridine rings is 1. The van der Waals surface area contributed by atoms with Gasteiger partial charge in [0.05, 0.1) is 11.9 Å². The van der Waals surface area contributed by atoms with Gasteiger partial charge in [-0.05, 0) is 37.5 Å². The Bertz CT molecular complexity index is 681. The molecule has 21 heavy (non-hydrogen) atoms. The van der Waals surface area contributed by atoms with E-state index in [1.54, 1.807) is 6.20 Å². The van der Waals surface area contributed by atoms with E-state index in [1.807, 2.05) is 6.07 Å². The second kappa shape index (κ2) is 5.72. The smallest absolute Gasteiger partial charge is 0.247 e. The van der Waals surface area contributed by atoms with Gasteiger partial charge in [-0.1, -0.05) is 25.8 Å². The van der Waals surface area contributed by atoms with E-state index in [-0.39, 0.29) is 5.91 Å². The first-order valence-electron chi connectivity index (χ1n) is 7.59. The Hall–Kier alpha value is -2.10. The van der Waals surface area contributed by atoms with Gasteiger partial charge in [-0.25, -0.2) is 4.98 Å². The van der Waals surface area contributed by atoms with Gasteiger partial charge in [0.15, 0.2) is 0 Å². The van der Waals surface area contributed by atoms with Crippen LogP contribution >= 0.6 is 0 Å². The van der Waals surface area contributed by atoms with Crippen LogP contribution < -0.4 is 5.32 Å². The Labute approximate surface area is 124 Å². The van der Waals surface area contributed by atoms with Crippen molar-refractivity contribution in [1.29, 1.82) is 0 Å². The fourth-order valence-electron chi connectivity index (χ4n) is 3.19. The molecule has 0 bridgehead atoms. The normalized spacial score (nSPS) is 16.0. The molecule has 0 atom stereocenters. The van der Waals surface area contributed by atoms with Gasteiger partial charge in [-0.3, -0.25) is 4.79 Å². The Kier molecular flexibility index (Phi) is 3.78. The van der Waals surface area contributed by atoms with Crippen molar-refractivity contribution in [1.82, 2.24) is 9.55 Å². The molecule has 0 saturated heterocycles. The molecule has 4 nitrogen and oxygen atoms in total. The third kappa shape index (κ3) is 2.71. The molecule has 1 amide bonds. The molecule has 0 radical (unpaired) electrons. The third-order valence-electron chi connectivity index (χ3n) is 4.29. The van der Waals surface area contributed by atoms with Crippen LogP contribution in [0.15, 0.2) is 31.1 Å². The zero-order chi connectivity index (χ0) is 14.8. The molecule has 0 aromatic carbocycles. The maximum Gasteiger partial charge on any atom is 0.247 e. The van der Waals surface area contributed by atoms with E-state index in [2.05, 4.69) is 34.6 Å². The number of carbonyl (C=O) groups is 1. The highest BCUT2D eigenvalue weighted by Crippen LogP contribution is 2.33. The number of hydrogen-bond acceptors (Lipinski definition) is 2. The number of carbonyl (C=O) groups excluding carboxylic acids is 1. The summed E-state index contributed by atoms with van der Waals surface area (Å²) in [5.41, 5.74) is 2.95.